The first-order valence-corrected chi connectivity index (χ1v) is 4.54. The number of rotatable bonds is 2. The van der Waals surface area contributed by atoms with Crippen LogP contribution in [0.4, 0.5) is 0 Å². The van der Waals surface area contributed by atoms with Gasteiger partial charge in [-0.15, -0.1) is 0 Å². The Labute approximate surface area is 69.1 Å². The molecule has 1 unspecified atom stereocenters. The number of hydrogen-bond donors (Lipinski definition) is 1. The second-order valence-corrected chi connectivity index (χ2v) is 3.41. The monoisotopic (exact) mass is 154 g/mol. The van der Waals surface area contributed by atoms with Crippen molar-refractivity contribution in [1.29, 1.82) is 5.41 Å². The van der Waals surface area contributed by atoms with Crippen LogP contribution in [0.2, 0.25) is 0 Å². The van der Waals surface area contributed by atoms with Gasteiger partial charge in [0.1, 0.15) is 0 Å². The van der Waals surface area contributed by atoms with Gasteiger partial charge in [0, 0.05) is 18.8 Å². The van der Waals surface area contributed by atoms with Crippen molar-refractivity contribution < 1.29 is 0 Å². The number of piperidine rings is 1. The van der Waals surface area contributed by atoms with Crippen molar-refractivity contribution in [2.45, 2.75) is 26.7 Å². The normalized spacial score (nSPS) is 27.5. The van der Waals surface area contributed by atoms with E-state index in [0.29, 0.717) is 0 Å². The van der Waals surface area contributed by atoms with Crippen LogP contribution >= 0.6 is 0 Å². The fourth-order valence-corrected chi connectivity index (χ4v) is 1.69. The summed E-state index contributed by atoms with van der Waals surface area (Å²) < 4.78 is 0. The summed E-state index contributed by atoms with van der Waals surface area (Å²) in [6, 6.07) is 0. The van der Waals surface area contributed by atoms with Gasteiger partial charge < -0.3 is 5.41 Å². The zero-order chi connectivity index (χ0) is 8.27. The van der Waals surface area contributed by atoms with Crippen LogP contribution in [0.15, 0.2) is 0 Å². The molecular formula is C9H18N2. The molecule has 0 aromatic rings. The van der Waals surface area contributed by atoms with Gasteiger partial charge in [0.15, 0.2) is 0 Å². The first kappa shape index (κ1) is 8.72. The molecule has 11 heavy (non-hydrogen) atoms. The minimum atomic E-state index is 0.746. The molecular weight excluding hydrogens is 136 g/mol. The van der Waals surface area contributed by atoms with E-state index >= 15 is 0 Å². The minimum Gasteiger partial charge on any atom is -0.308 e. The van der Waals surface area contributed by atoms with Crippen molar-refractivity contribution >= 4 is 5.71 Å². The third kappa shape index (κ3) is 2.29. The first-order valence-electron chi connectivity index (χ1n) is 4.54. The summed E-state index contributed by atoms with van der Waals surface area (Å²) in [5, 5.41) is 7.61. The Kier molecular flexibility index (Phi) is 3.06. The molecule has 1 aliphatic rings. The second-order valence-electron chi connectivity index (χ2n) is 3.41. The summed E-state index contributed by atoms with van der Waals surface area (Å²) in [6.45, 7) is 7.60. The van der Waals surface area contributed by atoms with Gasteiger partial charge in [-0.1, -0.05) is 20.3 Å². The Hall–Kier alpha value is -0.370. The summed E-state index contributed by atoms with van der Waals surface area (Å²) in [7, 11) is 0. The standard InChI is InChI=1S/C9H18N2/c1-3-8-5-9(10)7-11(4-2)6-8/h8,10H,3-7H2,1-2H3. The highest BCUT2D eigenvalue weighted by Crippen LogP contribution is 2.16. The summed E-state index contributed by atoms with van der Waals surface area (Å²) >= 11 is 0. The highest BCUT2D eigenvalue weighted by Gasteiger charge is 2.20. The molecule has 1 rings (SSSR count). The minimum absolute atomic E-state index is 0.746. The van der Waals surface area contributed by atoms with E-state index in [1.165, 1.54) is 13.0 Å². The SMILES string of the molecule is CCC1CC(=N)CN(CC)C1. The van der Waals surface area contributed by atoms with Gasteiger partial charge in [-0.05, 0) is 18.9 Å². The fraction of sp³-hybridized carbons (Fsp3) is 0.889. The lowest BCUT2D eigenvalue weighted by atomic mass is 9.94. The Bertz CT molecular complexity index is 128. The van der Waals surface area contributed by atoms with Crippen molar-refractivity contribution in [3.63, 3.8) is 0 Å². The Balaban J connectivity index is 2.43. The van der Waals surface area contributed by atoms with E-state index in [1.54, 1.807) is 0 Å². The zero-order valence-electron chi connectivity index (χ0n) is 7.56. The summed E-state index contributed by atoms with van der Waals surface area (Å²) in [6.07, 6.45) is 2.26. The van der Waals surface area contributed by atoms with E-state index < -0.39 is 0 Å². The lowest BCUT2D eigenvalue weighted by Crippen LogP contribution is -2.40. The fourth-order valence-electron chi connectivity index (χ4n) is 1.69. The molecule has 0 bridgehead atoms. The average Bonchev–Trinajstić information content (AvgIpc) is 2.03. The maximum Gasteiger partial charge on any atom is 0.0360 e. The number of nitrogens with zero attached hydrogens (tertiary/aromatic N) is 1. The molecule has 1 saturated heterocycles. The van der Waals surface area contributed by atoms with Crippen molar-refractivity contribution in [2.24, 2.45) is 5.92 Å². The third-order valence-electron chi connectivity index (χ3n) is 2.49. The summed E-state index contributed by atoms with van der Waals surface area (Å²) in [5.74, 6) is 0.746. The zero-order valence-corrected chi connectivity index (χ0v) is 7.56. The molecule has 2 nitrogen and oxygen atoms in total. The lowest BCUT2D eigenvalue weighted by Gasteiger charge is -2.31. The molecule has 2 heteroatoms. The van der Waals surface area contributed by atoms with Gasteiger partial charge >= 0.3 is 0 Å². The Morgan fingerprint density at radius 1 is 1.55 bits per heavy atom. The topological polar surface area (TPSA) is 27.1 Å². The molecule has 0 amide bonds. The molecule has 0 aliphatic carbocycles. The number of likely N-dealkylation sites (tertiary alicyclic amines) is 1. The van der Waals surface area contributed by atoms with Crippen LogP contribution in [0.3, 0.4) is 0 Å². The predicted octanol–water partition coefficient (Wildman–Crippen LogP) is 1.76. The van der Waals surface area contributed by atoms with Crippen molar-refractivity contribution in [3.8, 4) is 0 Å². The molecule has 1 aliphatic heterocycles. The largest absolute Gasteiger partial charge is 0.308 e. The van der Waals surface area contributed by atoms with E-state index in [2.05, 4.69) is 18.7 Å². The second kappa shape index (κ2) is 3.86. The van der Waals surface area contributed by atoms with Gasteiger partial charge in [-0.25, -0.2) is 0 Å². The molecule has 0 aromatic carbocycles. The summed E-state index contributed by atoms with van der Waals surface area (Å²) in [5.41, 5.74) is 0.921. The van der Waals surface area contributed by atoms with E-state index in [-0.39, 0.29) is 0 Å². The van der Waals surface area contributed by atoms with Crippen LogP contribution in [0.5, 0.6) is 0 Å². The van der Waals surface area contributed by atoms with Crippen LogP contribution in [-0.4, -0.2) is 30.2 Å². The third-order valence-corrected chi connectivity index (χ3v) is 2.49. The van der Waals surface area contributed by atoms with E-state index in [0.717, 1.165) is 31.1 Å². The molecule has 64 valence electrons. The molecule has 1 N–H and O–H groups in total. The molecule has 0 aromatic heterocycles. The van der Waals surface area contributed by atoms with Gasteiger partial charge in [-0.3, -0.25) is 4.90 Å². The highest BCUT2D eigenvalue weighted by molar-refractivity contribution is 5.84. The van der Waals surface area contributed by atoms with E-state index in [9.17, 15) is 0 Å². The summed E-state index contributed by atoms with van der Waals surface area (Å²) in [4.78, 5) is 2.36. The lowest BCUT2D eigenvalue weighted by molar-refractivity contribution is 0.245. The number of hydrogen-bond acceptors (Lipinski definition) is 2. The van der Waals surface area contributed by atoms with Gasteiger partial charge in [0.05, 0.1) is 0 Å². The van der Waals surface area contributed by atoms with Gasteiger partial charge in [0.2, 0.25) is 0 Å². The first-order chi connectivity index (χ1) is 5.26. The van der Waals surface area contributed by atoms with Crippen LogP contribution < -0.4 is 0 Å². The number of nitrogens with one attached hydrogen (secondary N) is 1. The molecule has 0 radical (unpaired) electrons. The van der Waals surface area contributed by atoms with Crippen LogP contribution in [0, 0.1) is 11.3 Å². The van der Waals surface area contributed by atoms with E-state index in [1.807, 2.05) is 0 Å². The van der Waals surface area contributed by atoms with Crippen molar-refractivity contribution in [3.05, 3.63) is 0 Å². The predicted molar refractivity (Wildman–Crippen MR) is 48.2 cm³/mol. The molecule has 0 saturated carbocycles. The quantitative estimate of drug-likeness (QED) is 0.644. The van der Waals surface area contributed by atoms with Crippen LogP contribution in [0.1, 0.15) is 26.7 Å². The molecule has 1 fully saturated rings. The van der Waals surface area contributed by atoms with E-state index in [4.69, 9.17) is 5.41 Å². The molecule has 1 heterocycles. The van der Waals surface area contributed by atoms with Crippen LogP contribution in [-0.2, 0) is 0 Å². The highest BCUT2D eigenvalue weighted by atomic mass is 15.1. The average molecular weight is 154 g/mol. The van der Waals surface area contributed by atoms with Gasteiger partial charge in [0.25, 0.3) is 0 Å². The molecule has 0 spiro atoms. The maximum absolute atomic E-state index is 7.61. The molecule has 1 atom stereocenters. The van der Waals surface area contributed by atoms with Crippen molar-refractivity contribution in [2.75, 3.05) is 19.6 Å². The van der Waals surface area contributed by atoms with Gasteiger partial charge in [-0.2, -0.15) is 0 Å². The maximum atomic E-state index is 7.61. The Morgan fingerprint density at radius 2 is 2.27 bits per heavy atom. The smallest absolute Gasteiger partial charge is 0.0360 e. The van der Waals surface area contributed by atoms with Crippen LogP contribution in [0.25, 0.3) is 0 Å². The Morgan fingerprint density at radius 3 is 2.82 bits per heavy atom. The van der Waals surface area contributed by atoms with Crippen molar-refractivity contribution in [1.82, 2.24) is 4.90 Å².